The molecule has 0 aromatic rings. The van der Waals surface area contributed by atoms with E-state index < -0.39 is 11.4 Å². The van der Waals surface area contributed by atoms with E-state index in [4.69, 9.17) is 0 Å². The number of aliphatic hydroxyl groups is 1. The minimum atomic E-state index is -0.557. The van der Waals surface area contributed by atoms with Crippen molar-refractivity contribution in [3.05, 3.63) is 11.6 Å². The normalized spacial score (nSPS) is 55.3. The van der Waals surface area contributed by atoms with Crippen LogP contribution in [-0.4, -0.2) is 22.3 Å². The highest BCUT2D eigenvalue weighted by molar-refractivity contribution is 5.76. The van der Waals surface area contributed by atoms with E-state index in [1.807, 2.05) is 0 Å². The predicted octanol–water partition coefficient (Wildman–Crippen LogP) is 7.09. The summed E-state index contributed by atoms with van der Waals surface area (Å²) in [6, 6.07) is 0. The van der Waals surface area contributed by atoms with Crippen LogP contribution in [0.1, 0.15) is 106 Å². The first-order valence-corrected chi connectivity index (χ1v) is 13.9. The van der Waals surface area contributed by atoms with Gasteiger partial charge < -0.3 is 10.2 Å². The number of aliphatic carboxylic acids is 1. The minimum Gasteiger partial charge on any atom is -0.481 e. The molecule has 0 bridgehead atoms. The topological polar surface area (TPSA) is 57.5 Å². The molecule has 0 amide bonds. The van der Waals surface area contributed by atoms with E-state index in [-0.39, 0.29) is 33.7 Å². The van der Waals surface area contributed by atoms with E-state index in [9.17, 15) is 15.0 Å². The highest BCUT2D eigenvalue weighted by Crippen LogP contribution is 2.75. The molecule has 0 aromatic carbocycles. The maximum atomic E-state index is 12.8. The van der Waals surface area contributed by atoms with Gasteiger partial charge in [0, 0.05) is 0 Å². The Morgan fingerprint density at radius 3 is 2.27 bits per heavy atom. The van der Waals surface area contributed by atoms with Gasteiger partial charge in [0.2, 0.25) is 0 Å². The molecule has 3 heteroatoms. The molecule has 5 aliphatic rings. The molecule has 5 aliphatic carbocycles. The zero-order chi connectivity index (χ0) is 24.2. The van der Waals surface area contributed by atoms with Crippen LogP contribution in [0.5, 0.6) is 0 Å². The Balaban J connectivity index is 1.61. The maximum Gasteiger partial charge on any atom is 0.310 e. The average molecular weight is 457 g/mol. The summed E-state index contributed by atoms with van der Waals surface area (Å²) >= 11 is 0. The lowest BCUT2D eigenvalue weighted by Crippen LogP contribution is -2.65. The summed E-state index contributed by atoms with van der Waals surface area (Å²) in [5.41, 5.74) is 1.46. The van der Waals surface area contributed by atoms with Crippen LogP contribution in [0.3, 0.4) is 0 Å². The molecule has 0 aromatic heterocycles. The molecule has 0 saturated heterocycles. The Morgan fingerprint density at radius 1 is 0.909 bits per heavy atom. The second-order valence-electron chi connectivity index (χ2n) is 14.5. The monoisotopic (exact) mass is 456 g/mol. The average Bonchev–Trinajstić information content (AvgIpc) is 2.74. The summed E-state index contributed by atoms with van der Waals surface area (Å²) in [6.45, 7) is 17.0. The van der Waals surface area contributed by atoms with Crippen molar-refractivity contribution in [3.8, 4) is 0 Å². The van der Waals surface area contributed by atoms with Gasteiger partial charge in [0.05, 0.1) is 11.5 Å². The van der Waals surface area contributed by atoms with E-state index >= 15 is 0 Å². The summed E-state index contributed by atoms with van der Waals surface area (Å²) in [6.07, 6.45) is 11.6. The molecule has 2 N–H and O–H groups in total. The maximum absolute atomic E-state index is 12.8. The van der Waals surface area contributed by atoms with Gasteiger partial charge in [-0.1, -0.05) is 60.1 Å². The van der Waals surface area contributed by atoms with E-state index in [1.165, 1.54) is 18.4 Å². The molecule has 0 aliphatic heterocycles. The fourth-order valence-electron chi connectivity index (χ4n) is 10.8. The summed E-state index contributed by atoms with van der Waals surface area (Å²) in [5, 5.41) is 21.4. The lowest BCUT2D eigenvalue weighted by Gasteiger charge is -2.71. The summed E-state index contributed by atoms with van der Waals surface area (Å²) in [7, 11) is 0. The van der Waals surface area contributed by atoms with Gasteiger partial charge in [-0.25, -0.2) is 0 Å². The van der Waals surface area contributed by atoms with Crippen molar-refractivity contribution in [2.24, 2.45) is 56.7 Å². The predicted molar refractivity (Wildman–Crippen MR) is 133 cm³/mol. The number of hydrogen-bond acceptors (Lipinski definition) is 2. The molecule has 0 radical (unpaired) electrons. The second-order valence-corrected chi connectivity index (χ2v) is 14.5. The first kappa shape index (κ1) is 23.9. The summed E-state index contributed by atoms with van der Waals surface area (Å²) in [5.74, 6) is 1.82. The van der Waals surface area contributed by atoms with Crippen LogP contribution in [0.25, 0.3) is 0 Å². The molecule has 0 spiro atoms. The van der Waals surface area contributed by atoms with Crippen molar-refractivity contribution in [1.29, 1.82) is 0 Å². The molecule has 10 atom stereocenters. The molecule has 4 saturated carbocycles. The molecule has 186 valence electrons. The summed E-state index contributed by atoms with van der Waals surface area (Å²) < 4.78 is 0. The van der Waals surface area contributed by atoms with Gasteiger partial charge in [0.1, 0.15) is 0 Å². The number of allylic oxidation sites excluding steroid dienone is 2. The van der Waals surface area contributed by atoms with Crippen molar-refractivity contribution < 1.29 is 15.0 Å². The number of rotatable bonds is 1. The standard InChI is InChI=1S/C30H48O3/c1-18-10-15-30(25(32)33)17-16-28(6)20(24(30)19(18)2)8-9-22-27(5)13-12-23(31)26(3,4)21(27)11-14-29(22,28)7/h8,18-19,21-24,31H,9-17H2,1-7H3,(H,32,33)/t18-,19+,21+,22-,23+,24?,27+,28-,29-,30+/m1/s1. The Kier molecular flexibility index (Phi) is 5.15. The Labute approximate surface area is 201 Å². The van der Waals surface area contributed by atoms with Gasteiger partial charge >= 0.3 is 5.97 Å². The third-order valence-electron chi connectivity index (χ3n) is 13.4. The molecule has 5 rings (SSSR count). The molecule has 33 heavy (non-hydrogen) atoms. The lowest BCUT2D eigenvalue weighted by atomic mass is 9.33. The smallest absolute Gasteiger partial charge is 0.310 e. The molecule has 0 heterocycles. The Bertz CT molecular complexity index is 874. The van der Waals surface area contributed by atoms with Crippen LogP contribution in [-0.2, 0) is 4.79 Å². The number of carboxylic acid groups (broad SMARTS) is 1. The highest BCUT2D eigenvalue weighted by atomic mass is 16.4. The largest absolute Gasteiger partial charge is 0.481 e. The highest BCUT2D eigenvalue weighted by Gasteiger charge is 2.69. The van der Waals surface area contributed by atoms with Crippen LogP contribution in [0, 0.1) is 56.7 Å². The van der Waals surface area contributed by atoms with E-state index in [2.05, 4.69) is 54.5 Å². The third-order valence-corrected chi connectivity index (χ3v) is 13.4. The number of carbonyl (C=O) groups is 1. The van der Waals surface area contributed by atoms with Crippen LogP contribution in [0.4, 0.5) is 0 Å². The number of aliphatic hydroxyl groups excluding tert-OH is 1. The van der Waals surface area contributed by atoms with Gasteiger partial charge in [-0.2, -0.15) is 0 Å². The van der Waals surface area contributed by atoms with Crippen molar-refractivity contribution in [3.63, 3.8) is 0 Å². The van der Waals surface area contributed by atoms with Crippen LogP contribution < -0.4 is 0 Å². The molecule has 3 nitrogen and oxygen atoms in total. The number of fused-ring (bicyclic) bond motifs is 7. The van der Waals surface area contributed by atoms with Crippen LogP contribution >= 0.6 is 0 Å². The third kappa shape index (κ3) is 2.75. The first-order chi connectivity index (χ1) is 15.3. The molecule has 4 fully saturated rings. The van der Waals surface area contributed by atoms with Crippen LogP contribution in [0.2, 0.25) is 0 Å². The minimum absolute atomic E-state index is 0.0302. The lowest BCUT2D eigenvalue weighted by molar-refractivity contribution is -0.206. The van der Waals surface area contributed by atoms with E-state index in [0.717, 1.165) is 44.9 Å². The van der Waals surface area contributed by atoms with Crippen molar-refractivity contribution >= 4 is 5.97 Å². The van der Waals surface area contributed by atoms with E-state index in [0.29, 0.717) is 23.7 Å². The fraction of sp³-hybridized carbons (Fsp3) is 0.900. The van der Waals surface area contributed by atoms with Crippen LogP contribution in [0.15, 0.2) is 11.6 Å². The van der Waals surface area contributed by atoms with E-state index in [1.54, 1.807) is 0 Å². The van der Waals surface area contributed by atoms with Gasteiger partial charge in [-0.15, -0.1) is 0 Å². The number of hydrogen-bond donors (Lipinski definition) is 2. The van der Waals surface area contributed by atoms with Crippen molar-refractivity contribution in [1.82, 2.24) is 0 Å². The second kappa shape index (κ2) is 7.11. The Hall–Kier alpha value is -0.830. The van der Waals surface area contributed by atoms with Gasteiger partial charge in [-0.3, -0.25) is 4.79 Å². The number of carboxylic acids is 1. The van der Waals surface area contributed by atoms with Crippen molar-refractivity contribution in [2.45, 2.75) is 112 Å². The summed E-state index contributed by atoms with van der Waals surface area (Å²) in [4.78, 5) is 12.8. The quantitative estimate of drug-likeness (QED) is 0.414. The zero-order valence-corrected chi connectivity index (χ0v) is 22.2. The first-order valence-electron chi connectivity index (χ1n) is 13.9. The zero-order valence-electron chi connectivity index (χ0n) is 22.2. The Morgan fingerprint density at radius 2 is 1.61 bits per heavy atom. The van der Waals surface area contributed by atoms with Crippen molar-refractivity contribution in [2.75, 3.05) is 0 Å². The molecular weight excluding hydrogens is 408 g/mol. The van der Waals surface area contributed by atoms with Gasteiger partial charge in [0.25, 0.3) is 0 Å². The molecular formula is C30H48O3. The fourth-order valence-corrected chi connectivity index (χ4v) is 10.8. The SMILES string of the molecule is C[C@@H]1CC[C@]2(C(=O)O)CC[C@]3(C)C(=CC[C@@H]4[C@@]5(C)CC[C@H](O)C(C)(C)[C@@H]5CC[C@]43C)C2[C@H]1C. The molecule has 1 unspecified atom stereocenters. The van der Waals surface area contributed by atoms with Gasteiger partial charge in [-0.05, 0) is 109 Å². The van der Waals surface area contributed by atoms with Gasteiger partial charge in [0.15, 0.2) is 0 Å².